The van der Waals surface area contributed by atoms with Crippen molar-refractivity contribution in [3.8, 4) is 0 Å². The number of likely N-dealkylation sites (N-methyl/N-ethyl adjacent to an activating group) is 1. The number of rotatable bonds is 6. The van der Waals surface area contributed by atoms with E-state index in [1.54, 1.807) is 0 Å². The zero-order chi connectivity index (χ0) is 13.0. The Balaban J connectivity index is 2.86. The molecule has 0 aliphatic carbocycles. The zero-order valence-electron chi connectivity index (χ0n) is 11.4. The van der Waals surface area contributed by atoms with Crippen molar-refractivity contribution in [3.05, 3.63) is 23.7 Å². The molecule has 98 valence electrons. The molecule has 0 amide bonds. The van der Waals surface area contributed by atoms with Gasteiger partial charge >= 0.3 is 0 Å². The molecule has 1 heterocycles. The highest BCUT2D eigenvalue weighted by Gasteiger charge is 2.27. The average Bonchev–Trinajstić information content (AvgIpc) is 2.64. The molecule has 0 spiro atoms. The molecule has 1 aromatic rings. The van der Waals surface area contributed by atoms with Gasteiger partial charge in [0.1, 0.15) is 11.5 Å². The van der Waals surface area contributed by atoms with Crippen LogP contribution in [-0.2, 0) is 0 Å². The number of hydrogen-bond acceptors (Lipinski definition) is 4. The molecule has 2 N–H and O–H groups in total. The van der Waals surface area contributed by atoms with Gasteiger partial charge in [0.25, 0.3) is 0 Å². The number of aryl methyl sites for hydroxylation is 1. The highest BCUT2D eigenvalue weighted by Crippen LogP contribution is 2.26. The fourth-order valence-electron chi connectivity index (χ4n) is 2.08. The van der Waals surface area contributed by atoms with Gasteiger partial charge in [-0.3, -0.25) is 4.90 Å². The Kier molecular flexibility index (Phi) is 5.56. The summed E-state index contributed by atoms with van der Waals surface area (Å²) in [7, 11) is 2.12. The van der Waals surface area contributed by atoms with E-state index in [4.69, 9.17) is 10.2 Å². The van der Waals surface area contributed by atoms with Crippen LogP contribution in [0.25, 0.3) is 0 Å². The largest absolute Gasteiger partial charge is 0.465 e. The van der Waals surface area contributed by atoms with E-state index in [1.807, 2.05) is 37.7 Å². The fraction of sp³-hybridized carbons (Fsp3) is 0.692. The quantitative estimate of drug-likeness (QED) is 0.849. The van der Waals surface area contributed by atoms with Gasteiger partial charge in [0, 0.05) is 17.8 Å². The summed E-state index contributed by atoms with van der Waals surface area (Å²) in [5.41, 5.74) is 6.10. The van der Waals surface area contributed by atoms with E-state index in [-0.39, 0.29) is 12.1 Å². The van der Waals surface area contributed by atoms with Crippen LogP contribution in [0.5, 0.6) is 0 Å². The summed E-state index contributed by atoms with van der Waals surface area (Å²) in [5.74, 6) is 3.00. The van der Waals surface area contributed by atoms with Crippen LogP contribution in [0.3, 0.4) is 0 Å². The van der Waals surface area contributed by atoms with Crippen LogP contribution >= 0.6 is 11.8 Å². The Morgan fingerprint density at radius 2 is 2.06 bits per heavy atom. The van der Waals surface area contributed by atoms with Crippen molar-refractivity contribution in [3.63, 3.8) is 0 Å². The molecule has 1 aromatic heterocycles. The minimum absolute atomic E-state index is 0.0508. The number of nitrogens with two attached hydrogens (primary N) is 1. The van der Waals surface area contributed by atoms with Crippen LogP contribution in [0, 0.1) is 6.92 Å². The predicted molar refractivity (Wildman–Crippen MR) is 75.4 cm³/mol. The van der Waals surface area contributed by atoms with Crippen molar-refractivity contribution >= 4 is 11.8 Å². The molecule has 4 heteroatoms. The first-order valence-electron chi connectivity index (χ1n) is 6.00. The van der Waals surface area contributed by atoms with Gasteiger partial charge in [0.05, 0.1) is 6.04 Å². The molecule has 0 aliphatic heterocycles. The lowest BCUT2D eigenvalue weighted by molar-refractivity contribution is 0.155. The second-order valence-electron chi connectivity index (χ2n) is 4.72. The number of nitrogens with zero attached hydrogens (tertiary/aromatic N) is 1. The SMILES string of the molecule is CSCC(C)N(C)C(c1ccc(C)o1)C(C)N. The maximum atomic E-state index is 6.10. The molecule has 0 saturated heterocycles. The highest BCUT2D eigenvalue weighted by molar-refractivity contribution is 7.98. The second-order valence-corrected chi connectivity index (χ2v) is 5.63. The molecule has 3 atom stereocenters. The van der Waals surface area contributed by atoms with Gasteiger partial charge in [-0.2, -0.15) is 11.8 Å². The normalized spacial score (nSPS) is 17.1. The van der Waals surface area contributed by atoms with E-state index in [0.717, 1.165) is 17.3 Å². The molecular weight excluding hydrogens is 232 g/mol. The van der Waals surface area contributed by atoms with Gasteiger partial charge in [-0.05, 0) is 46.2 Å². The first kappa shape index (κ1) is 14.6. The third-order valence-corrected chi connectivity index (χ3v) is 3.91. The van der Waals surface area contributed by atoms with Crippen LogP contribution in [-0.4, -0.2) is 36.0 Å². The summed E-state index contributed by atoms with van der Waals surface area (Å²) in [6.45, 7) is 6.22. The summed E-state index contributed by atoms with van der Waals surface area (Å²) in [4.78, 5) is 2.31. The maximum absolute atomic E-state index is 6.10. The van der Waals surface area contributed by atoms with Crippen molar-refractivity contribution in [1.82, 2.24) is 4.90 Å². The molecule has 0 saturated carbocycles. The molecule has 3 unspecified atom stereocenters. The van der Waals surface area contributed by atoms with Crippen LogP contribution in [0.2, 0.25) is 0 Å². The molecule has 1 rings (SSSR count). The Bertz CT molecular complexity index is 338. The summed E-state index contributed by atoms with van der Waals surface area (Å²) >= 11 is 1.85. The van der Waals surface area contributed by atoms with Crippen LogP contribution in [0.4, 0.5) is 0 Å². The molecular formula is C13H24N2OS. The lowest BCUT2D eigenvalue weighted by Crippen LogP contribution is -2.42. The molecule has 0 aromatic carbocycles. The fourth-order valence-corrected chi connectivity index (χ4v) is 2.79. The number of hydrogen-bond donors (Lipinski definition) is 1. The maximum Gasteiger partial charge on any atom is 0.122 e. The lowest BCUT2D eigenvalue weighted by atomic mass is 10.1. The zero-order valence-corrected chi connectivity index (χ0v) is 12.3. The molecule has 0 bridgehead atoms. The molecule has 0 radical (unpaired) electrons. The Morgan fingerprint density at radius 3 is 2.47 bits per heavy atom. The van der Waals surface area contributed by atoms with Crippen molar-refractivity contribution in [2.24, 2.45) is 5.73 Å². The van der Waals surface area contributed by atoms with Crippen LogP contribution in [0.15, 0.2) is 16.5 Å². The van der Waals surface area contributed by atoms with Gasteiger partial charge < -0.3 is 10.2 Å². The standard InChI is InChI=1S/C13H24N2OS/c1-9(8-17-5)15(4)13(11(3)14)12-7-6-10(2)16-12/h6-7,9,11,13H,8,14H2,1-5H3. The van der Waals surface area contributed by atoms with E-state index in [2.05, 4.69) is 25.1 Å². The first-order valence-corrected chi connectivity index (χ1v) is 7.39. The lowest BCUT2D eigenvalue weighted by Gasteiger charge is -2.34. The van der Waals surface area contributed by atoms with E-state index >= 15 is 0 Å². The number of thioether (sulfide) groups is 1. The molecule has 3 nitrogen and oxygen atoms in total. The third kappa shape index (κ3) is 3.76. The van der Waals surface area contributed by atoms with Gasteiger partial charge in [-0.15, -0.1) is 0 Å². The molecule has 0 aliphatic rings. The topological polar surface area (TPSA) is 42.4 Å². The van der Waals surface area contributed by atoms with Crippen LogP contribution < -0.4 is 5.73 Å². The monoisotopic (exact) mass is 256 g/mol. The van der Waals surface area contributed by atoms with E-state index in [0.29, 0.717) is 6.04 Å². The van der Waals surface area contributed by atoms with Crippen molar-refractivity contribution < 1.29 is 4.42 Å². The van der Waals surface area contributed by atoms with Gasteiger partial charge in [-0.1, -0.05) is 0 Å². The second kappa shape index (κ2) is 6.47. The third-order valence-electron chi connectivity index (χ3n) is 3.09. The summed E-state index contributed by atoms with van der Waals surface area (Å²) in [6.07, 6.45) is 2.13. The van der Waals surface area contributed by atoms with Gasteiger partial charge in [-0.25, -0.2) is 0 Å². The van der Waals surface area contributed by atoms with Crippen molar-refractivity contribution in [2.45, 2.75) is 38.9 Å². The van der Waals surface area contributed by atoms with E-state index in [1.165, 1.54) is 0 Å². The number of furan rings is 1. The van der Waals surface area contributed by atoms with Crippen molar-refractivity contribution in [1.29, 1.82) is 0 Å². The Hall–Kier alpha value is -0.450. The summed E-state index contributed by atoms with van der Waals surface area (Å²) in [5, 5.41) is 0. The summed E-state index contributed by atoms with van der Waals surface area (Å²) < 4.78 is 5.73. The van der Waals surface area contributed by atoms with E-state index < -0.39 is 0 Å². The smallest absolute Gasteiger partial charge is 0.122 e. The van der Waals surface area contributed by atoms with Gasteiger partial charge in [0.15, 0.2) is 0 Å². The van der Waals surface area contributed by atoms with E-state index in [9.17, 15) is 0 Å². The Morgan fingerprint density at radius 1 is 1.41 bits per heavy atom. The predicted octanol–water partition coefficient (Wildman–Crippen LogP) is 2.66. The molecule has 17 heavy (non-hydrogen) atoms. The first-order chi connectivity index (χ1) is 7.97. The highest BCUT2D eigenvalue weighted by atomic mass is 32.2. The minimum Gasteiger partial charge on any atom is -0.465 e. The van der Waals surface area contributed by atoms with Crippen LogP contribution in [0.1, 0.15) is 31.4 Å². The average molecular weight is 256 g/mol. The van der Waals surface area contributed by atoms with Gasteiger partial charge in [0.2, 0.25) is 0 Å². The minimum atomic E-state index is 0.0508. The summed E-state index contributed by atoms with van der Waals surface area (Å²) in [6, 6.07) is 4.70. The Labute approximate surface area is 109 Å². The van der Waals surface area contributed by atoms with Crippen molar-refractivity contribution in [2.75, 3.05) is 19.1 Å². The molecule has 0 fully saturated rings.